The van der Waals surface area contributed by atoms with Gasteiger partial charge in [-0.25, -0.2) is 0 Å². The number of hydrogen-bond donors (Lipinski definition) is 1. The Balaban J connectivity index is 2.05. The van der Waals surface area contributed by atoms with E-state index in [0.717, 1.165) is 12.0 Å². The van der Waals surface area contributed by atoms with Crippen LogP contribution in [0.2, 0.25) is 0 Å². The van der Waals surface area contributed by atoms with Gasteiger partial charge in [-0.3, -0.25) is 0 Å². The molecule has 2 atom stereocenters. The Bertz CT molecular complexity index is 147. The molecule has 2 heteroatoms. The number of nitrogens with zero attached hydrogens (tertiary/aromatic N) is 1. The molecule has 0 radical (unpaired) electrons. The third kappa shape index (κ3) is 4.43. The Morgan fingerprint density at radius 2 is 2.14 bits per heavy atom. The van der Waals surface area contributed by atoms with Crippen LogP contribution in [0.1, 0.15) is 39.5 Å². The highest BCUT2D eigenvalue weighted by Gasteiger charge is 2.21. The van der Waals surface area contributed by atoms with Crippen LogP contribution in [0.4, 0.5) is 0 Å². The summed E-state index contributed by atoms with van der Waals surface area (Å²) in [6, 6.07) is 0.747. The lowest BCUT2D eigenvalue weighted by Gasteiger charge is -2.20. The Morgan fingerprint density at radius 1 is 1.36 bits per heavy atom. The van der Waals surface area contributed by atoms with E-state index in [1.54, 1.807) is 0 Å². The van der Waals surface area contributed by atoms with Crippen LogP contribution in [0.15, 0.2) is 0 Å². The number of hydrogen-bond acceptors (Lipinski definition) is 2. The molecule has 1 heterocycles. The maximum Gasteiger partial charge on any atom is 0.0198 e. The van der Waals surface area contributed by atoms with Gasteiger partial charge in [0.25, 0.3) is 0 Å². The van der Waals surface area contributed by atoms with Crippen LogP contribution in [0, 0.1) is 5.92 Å². The third-order valence-corrected chi connectivity index (χ3v) is 3.12. The van der Waals surface area contributed by atoms with Crippen molar-refractivity contribution in [3.05, 3.63) is 0 Å². The van der Waals surface area contributed by atoms with Crippen LogP contribution in [0.5, 0.6) is 0 Å². The molecule has 1 saturated heterocycles. The first kappa shape index (κ1) is 12.0. The molecule has 0 aromatic rings. The summed E-state index contributed by atoms with van der Waals surface area (Å²) >= 11 is 0. The summed E-state index contributed by atoms with van der Waals surface area (Å²) in [4.78, 5) is 2.48. The van der Waals surface area contributed by atoms with E-state index in [2.05, 4.69) is 31.1 Å². The van der Waals surface area contributed by atoms with E-state index in [0.29, 0.717) is 0 Å². The first-order chi connectivity index (χ1) is 6.72. The smallest absolute Gasteiger partial charge is 0.0198 e. The SMILES string of the molecule is CCCCCN(C)CC1CC(C)CN1. The zero-order valence-corrected chi connectivity index (χ0v) is 10.1. The van der Waals surface area contributed by atoms with E-state index in [-0.39, 0.29) is 0 Å². The minimum absolute atomic E-state index is 0.747. The zero-order chi connectivity index (χ0) is 10.4. The van der Waals surface area contributed by atoms with Crippen LogP contribution in [-0.2, 0) is 0 Å². The molecule has 1 aliphatic heterocycles. The normalized spacial score (nSPS) is 27.4. The fraction of sp³-hybridized carbons (Fsp3) is 1.00. The summed E-state index contributed by atoms with van der Waals surface area (Å²) in [7, 11) is 2.25. The van der Waals surface area contributed by atoms with Crippen LogP contribution in [0.3, 0.4) is 0 Å². The van der Waals surface area contributed by atoms with E-state index in [1.165, 1.54) is 45.3 Å². The predicted molar refractivity (Wildman–Crippen MR) is 62.6 cm³/mol. The van der Waals surface area contributed by atoms with Gasteiger partial charge in [0.2, 0.25) is 0 Å². The molecule has 0 aromatic carbocycles. The summed E-state index contributed by atoms with van der Waals surface area (Å²) in [5.74, 6) is 0.879. The second-order valence-corrected chi connectivity index (χ2v) is 4.92. The molecule has 0 bridgehead atoms. The van der Waals surface area contributed by atoms with Gasteiger partial charge in [0.1, 0.15) is 0 Å². The molecule has 1 rings (SSSR count). The molecule has 0 aliphatic carbocycles. The highest BCUT2D eigenvalue weighted by molar-refractivity contribution is 4.81. The van der Waals surface area contributed by atoms with Gasteiger partial charge in [-0.15, -0.1) is 0 Å². The quantitative estimate of drug-likeness (QED) is 0.658. The van der Waals surface area contributed by atoms with Crippen molar-refractivity contribution in [1.82, 2.24) is 10.2 Å². The summed E-state index contributed by atoms with van der Waals surface area (Å²) in [6.45, 7) is 8.31. The van der Waals surface area contributed by atoms with Gasteiger partial charge in [-0.05, 0) is 38.9 Å². The minimum Gasteiger partial charge on any atom is -0.312 e. The Kier molecular flexibility index (Phi) is 5.49. The van der Waals surface area contributed by atoms with Crippen molar-refractivity contribution in [3.63, 3.8) is 0 Å². The molecular weight excluding hydrogens is 172 g/mol. The number of nitrogens with one attached hydrogen (secondary N) is 1. The lowest BCUT2D eigenvalue weighted by Crippen LogP contribution is -2.35. The molecule has 0 aromatic heterocycles. The Labute approximate surface area is 89.1 Å². The van der Waals surface area contributed by atoms with E-state index < -0.39 is 0 Å². The van der Waals surface area contributed by atoms with Crippen molar-refractivity contribution in [2.75, 3.05) is 26.7 Å². The molecule has 14 heavy (non-hydrogen) atoms. The first-order valence-electron chi connectivity index (χ1n) is 6.14. The summed E-state index contributed by atoms with van der Waals surface area (Å²) in [6.07, 6.45) is 5.42. The average Bonchev–Trinajstić information content (AvgIpc) is 2.52. The highest BCUT2D eigenvalue weighted by atomic mass is 15.1. The van der Waals surface area contributed by atoms with Gasteiger partial charge in [-0.1, -0.05) is 26.7 Å². The second kappa shape index (κ2) is 6.41. The van der Waals surface area contributed by atoms with Crippen LogP contribution < -0.4 is 5.32 Å². The molecule has 2 unspecified atom stereocenters. The van der Waals surface area contributed by atoms with Gasteiger partial charge in [0, 0.05) is 12.6 Å². The van der Waals surface area contributed by atoms with Crippen molar-refractivity contribution in [2.45, 2.75) is 45.6 Å². The molecule has 0 amide bonds. The summed E-state index contributed by atoms with van der Waals surface area (Å²) in [5.41, 5.74) is 0. The largest absolute Gasteiger partial charge is 0.312 e. The van der Waals surface area contributed by atoms with E-state index in [9.17, 15) is 0 Å². The number of likely N-dealkylation sites (N-methyl/N-ethyl adjacent to an activating group) is 1. The molecule has 1 N–H and O–H groups in total. The monoisotopic (exact) mass is 198 g/mol. The van der Waals surface area contributed by atoms with Gasteiger partial charge in [0.15, 0.2) is 0 Å². The fourth-order valence-electron chi connectivity index (χ4n) is 2.26. The highest BCUT2D eigenvalue weighted by Crippen LogP contribution is 2.13. The van der Waals surface area contributed by atoms with Crippen molar-refractivity contribution in [1.29, 1.82) is 0 Å². The number of rotatable bonds is 6. The molecule has 0 spiro atoms. The first-order valence-corrected chi connectivity index (χ1v) is 6.14. The molecule has 2 nitrogen and oxygen atoms in total. The van der Waals surface area contributed by atoms with E-state index in [1.807, 2.05) is 0 Å². The average molecular weight is 198 g/mol. The van der Waals surface area contributed by atoms with Crippen molar-refractivity contribution in [2.24, 2.45) is 5.92 Å². The van der Waals surface area contributed by atoms with Gasteiger partial charge in [-0.2, -0.15) is 0 Å². The standard InChI is InChI=1S/C12H26N2/c1-4-5-6-7-14(3)10-12-8-11(2)9-13-12/h11-13H,4-10H2,1-3H3. The van der Waals surface area contributed by atoms with Crippen molar-refractivity contribution < 1.29 is 0 Å². The Morgan fingerprint density at radius 3 is 2.71 bits per heavy atom. The Hall–Kier alpha value is -0.0800. The fourth-order valence-corrected chi connectivity index (χ4v) is 2.26. The van der Waals surface area contributed by atoms with E-state index >= 15 is 0 Å². The van der Waals surface area contributed by atoms with Crippen molar-refractivity contribution >= 4 is 0 Å². The summed E-state index contributed by atoms with van der Waals surface area (Å²) < 4.78 is 0. The molecule has 0 saturated carbocycles. The third-order valence-electron chi connectivity index (χ3n) is 3.12. The van der Waals surface area contributed by atoms with E-state index in [4.69, 9.17) is 0 Å². The van der Waals surface area contributed by atoms with Gasteiger partial charge >= 0.3 is 0 Å². The maximum absolute atomic E-state index is 3.59. The predicted octanol–water partition coefficient (Wildman–Crippen LogP) is 2.11. The minimum atomic E-state index is 0.747. The van der Waals surface area contributed by atoms with Gasteiger partial charge in [0.05, 0.1) is 0 Å². The molecule has 1 aliphatic rings. The van der Waals surface area contributed by atoms with Crippen LogP contribution >= 0.6 is 0 Å². The summed E-state index contributed by atoms with van der Waals surface area (Å²) in [5, 5.41) is 3.59. The molecule has 1 fully saturated rings. The lowest BCUT2D eigenvalue weighted by atomic mass is 10.1. The van der Waals surface area contributed by atoms with Crippen LogP contribution in [-0.4, -0.2) is 37.6 Å². The number of unbranched alkanes of at least 4 members (excludes halogenated alkanes) is 2. The zero-order valence-electron chi connectivity index (χ0n) is 10.1. The topological polar surface area (TPSA) is 15.3 Å². The molecule has 84 valence electrons. The van der Waals surface area contributed by atoms with Gasteiger partial charge < -0.3 is 10.2 Å². The molecular formula is C12H26N2. The maximum atomic E-state index is 3.59. The lowest BCUT2D eigenvalue weighted by molar-refractivity contribution is 0.292. The second-order valence-electron chi connectivity index (χ2n) is 4.92. The van der Waals surface area contributed by atoms with Crippen LogP contribution in [0.25, 0.3) is 0 Å². The van der Waals surface area contributed by atoms with Crippen molar-refractivity contribution in [3.8, 4) is 0 Å².